The van der Waals surface area contributed by atoms with Crippen LogP contribution >= 0.6 is 0 Å². The van der Waals surface area contributed by atoms with Crippen LogP contribution in [0.5, 0.6) is 0 Å². The van der Waals surface area contributed by atoms with Crippen molar-refractivity contribution < 1.29 is 0 Å². The topological polar surface area (TPSA) is 0 Å². The average molecular weight is 531 g/mol. The van der Waals surface area contributed by atoms with Crippen molar-refractivity contribution in [2.45, 2.75) is 0 Å². The predicted molar refractivity (Wildman–Crippen MR) is 182 cm³/mol. The van der Waals surface area contributed by atoms with E-state index in [1.54, 1.807) is 0 Å². The molecule has 0 fully saturated rings. The van der Waals surface area contributed by atoms with Gasteiger partial charge in [0.15, 0.2) is 0 Å². The Bertz CT molecular complexity index is 2500. The minimum absolute atomic E-state index is 1.24. The zero-order valence-corrected chi connectivity index (χ0v) is 23.0. The van der Waals surface area contributed by atoms with Gasteiger partial charge >= 0.3 is 0 Å². The van der Waals surface area contributed by atoms with Gasteiger partial charge in [-0.15, -0.1) is 0 Å². The lowest BCUT2D eigenvalue weighted by Crippen LogP contribution is -1.90. The van der Waals surface area contributed by atoms with Crippen LogP contribution in [-0.2, 0) is 0 Å². The fraction of sp³-hybridized carbons (Fsp3) is 0. The van der Waals surface area contributed by atoms with Crippen LogP contribution in [0.3, 0.4) is 0 Å². The molecule has 0 spiro atoms. The number of fused-ring (bicyclic) bond motifs is 12. The summed E-state index contributed by atoms with van der Waals surface area (Å²) in [6.07, 6.45) is 0. The third-order valence-electron chi connectivity index (χ3n) is 9.03. The number of rotatable bonds is 2. The number of hydrogen-bond acceptors (Lipinski definition) is 0. The molecule has 0 unspecified atom stereocenters. The molecule has 0 saturated heterocycles. The number of hydrogen-bond donors (Lipinski definition) is 0. The average Bonchev–Trinajstić information content (AvgIpc) is 3.08. The van der Waals surface area contributed by atoms with Crippen molar-refractivity contribution in [2.24, 2.45) is 0 Å². The maximum atomic E-state index is 2.42. The van der Waals surface area contributed by atoms with E-state index in [1.165, 1.54) is 86.9 Å². The molecule has 9 aromatic rings. The molecule has 9 rings (SSSR count). The molecule has 0 heteroatoms. The Morgan fingerprint density at radius 3 is 1.12 bits per heavy atom. The van der Waals surface area contributed by atoms with E-state index in [1.807, 2.05) is 0 Å². The summed E-state index contributed by atoms with van der Waals surface area (Å²) in [6, 6.07) is 57.9. The molecular weight excluding hydrogens is 504 g/mol. The van der Waals surface area contributed by atoms with Crippen LogP contribution in [0, 0.1) is 0 Å². The summed E-state index contributed by atoms with van der Waals surface area (Å²) in [7, 11) is 0. The molecule has 9 aromatic carbocycles. The maximum absolute atomic E-state index is 2.42. The third-order valence-corrected chi connectivity index (χ3v) is 9.03. The molecule has 42 heavy (non-hydrogen) atoms. The van der Waals surface area contributed by atoms with Crippen molar-refractivity contribution in [3.63, 3.8) is 0 Å². The standard InChI is InChI=1S/C42H26/c1-2-12-27(13-3-1)29-24-25-30(32-15-5-4-14-31(29)32)28-22-23-39-40(26-28)35-18-8-11-21-38(35)41-36-19-9-6-16-33(36)34-17-7-10-20-37(34)42(39)41/h1-26H. The van der Waals surface area contributed by atoms with Crippen molar-refractivity contribution in [3.05, 3.63) is 158 Å². The Balaban J connectivity index is 1.41. The second kappa shape index (κ2) is 9.03. The lowest BCUT2D eigenvalue weighted by atomic mass is 9.86. The van der Waals surface area contributed by atoms with Crippen LogP contribution in [-0.4, -0.2) is 0 Å². The van der Waals surface area contributed by atoms with Gasteiger partial charge in [-0.1, -0.05) is 152 Å². The lowest BCUT2D eigenvalue weighted by molar-refractivity contribution is 1.64. The third kappa shape index (κ3) is 3.30. The Kier molecular flexibility index (Phi) is 5.00. The summed E-state index contributed by atoms with van der Waals surface area (Å²) in [5.74, 6) is 0. The van der Waals surface area contributed by atoms with Crippen molar-refractivity contribution in [3.8, 4) is 22.3 Å². The van der Waals surface area contributed by atoms with Gasteiger partial charge in [0.25, 0.3) is 0 Å². The second-order valence-electron chi connectivity index (χ2n) is 11.2. The molecule has 0 aliphatic rings. The summed E-state index contributed by atoms with van der Waals surface area (Å²) >= 11 is 0. The molecule has 194 valence electrons. The maximum Gasteiger partial charge on any atom is -0.00139 e. The summed E-state index contributed by atoms with van der Waals surface area (Å²) in [5, 5.41) is 15.7. The van der Waals surface area contributed by atoms with Crippen LogP contribution in [0.4, 0.5) is 0 Å². The first-order valence-electron chi connectivity index (χ1n) is 14.6. The van der Waals surface area contributed by atoms with Gasteiger partial charge in [0, 0.05) is 0 Å². The van der Waals surface area contributed by atoms with Gasteiger partial charge in [-0.25, -0.2) is 0 Å². The Morgan fingerprint density at radius 1 is 0.214 bits per heavy atom. The van der Waals surface area contributed by atoms with Crippen molar-refractivity contribution >= 4 is 64.6 Å². The van der Waals surface area contributed by atoms with Gasteiger partial charge in [0.2, 0.25) is 0 Å². The molecule has 0 aromatic heterocycles. The van der Waals surface area contributed by atoms with Crippen molar-refractivity contribution in [1.82, 2.24) is 0 Å². The Hall–Kier alpha value is -5.46. The van der Waals surface area contributed by atoms with E-state index >= 15 is 0 Å². The first kappa shape index (κ1) is 23.3. The van der Waals surface area contributed by atoms with Crippen molar-refractivity contribution in [2.75, 3.05) is 0 Å². The highest BCUT2D eigenvalue weighted by molar-refractivity contribution is 6.39. The van der Waals surface area contributed by atoms with Gasteiger partial charge in [0.05, 0.1) is 0 Å². The smallest absolute Gasteiger partial charge is 0.00139 e. The van der Waals surface area contributed by atoms with E-state index in [9.17, 15) is 0 Å². The monoisotopic (exact) mass is 530 g/mol. The fourth-order valence-corrected chi connectivity index (χ4v) is 7.21. The molecular formula is C42H26. The molecule has 0 amide bonds. The van der Waals surface area contributed by atoms with E-state index in [0.717, 1.165) is 0 Å². The van der Waals surface area contributed by atoms with Gasteiger partial charge in [-0.2, -0.15) is 0 Å². The van der Waals surface area contributed by atoms with Crippen LogP contribution in [0.25, 0.3) is 86.9 Å². The molecule has 0 radical (unpaired) electrons. The van der Waals surface area contributed by atoms with Crippen LogP contribution in [0.1, 0.15) is 0 Å². The summed E-state index contributed by atoms with van der Waals surface area (Å²) in [5.41, 5.74) is 5.02. The molecule has 0 heterocycles. The molecule has 0 bridgehead atoms. The SMILES string of the molecule is c1ccc(-c2ccc(-c3ccc4c(c3)c3ccccc3c3c5ccccc5c5ccccc5c43)c3ccccc23)cc1. The predicted octanol–water partition coefficient (Wildman–Crippen LogP) is 11.9. The van der Waals surface area contributed by atoms with Crippen LogP contribution in [0.15, 0.2) is 158 Å². The van der Waals surface area contributed by atoms with Crippen LogP contribution < -0.4 is 0 Å². The molecule has 0 nitrogen and oxygen atoms in total. The first-order chi connectivity index (χ1) is 20.9. The highest BCUT2D eigenvalue weighted by Crippen LogP contribution is 2.45. The molecule has 0 atom stereocenters. The minimum atomic E-state index is 1.24. The van der Waals surface area contributed by atoms with Crippen molar-refractivity contribution in [1.29, 1.82) is 0 Å². The zero-order chi connectivity index (χ0) is 27.6. The normalized spacial score (nSPS) is 11.8. The Morgan fingerprint density at radius 2 is 0.595 bits per heavy atom. The van der Waals surface area contributed by atoms with E-state index in [0.29, 0.717) is 0 Å². The second-order valence-corrected chi connectivity index (χ2v) is 11.2. The van der Waals surface area contributed by atoms with E-state index in [2.05, 4.69) is 158 Å². The fourth-order valence-electron chi connectivity index (χ4n) is 7.21. The van der Waals surface area contributed by atoms with Gasteiger partial charge in [-0.05, 0) is 93.0 Å². The van der Waals surface area contributed by atoms with Gasteiger partial charge in [-0.3, -0.25) is 0 Å². The summed E-state index contributed by atoms with van der Waals surface area (Å²) in [4.78, 5) is 0. The van der Waals surface area contributed by atoms with Gasteiger partial charge < -0.3 is 0 Å². The lowest BCUT2D eigenvalue weighted by Gasteiger charge is -2.17. The van der Waals surface area contributed by atoms with Gasteiger partial charge in [0.1, 0.15) is 0 Å². The highest BCUT2D eigenvalue weighted by Gasteiger charge is 2.17. The zero-order valence-electron chi connectivity index (χ0n) is 23.0. The Labute approximate surface area is 244 Å². The number of benzene rings is 9. The van der Waals surface area contributed by atoms with E-state index in [-0.39, 0.29) is 0 Å². The highest BCUT2D eigenvalue weighted by atomic mass is 14.2. The molecule has 0 aliphatic heterocycles. The molecule has 0 aliphatic carbocycles. The van der Waals surface area contributed by atoms with E-state index < -0.39 is 0 Å². The molecule has 0 saturated carbocycles. The van der Waals surface area contributed by atoms with Crippen LogP contribution in [0.2, 0.25) is 0 Å². The minimum Gasteiger partial charge on any atom is -0.0622 e. The summed E-state index contributed by atoms with van der Waals surface area (Å²) in [6.45, 7) is 0. The quantitative estimate of drug-likeness (QED) is 0.195. The first-order valence-corrected chi connectivity index (χ1v) is 14.6. The largest absolute Gasteiger partial charge is 0.0622 e. The summed E-state index contributed by atoms with van der Waals surface area (Å²) < 4.78 is 0. The molecule has 0 N–H and O–H groups in total. The van der Waals surface area contributed by atoms with E-state index in [4.69, 9.17) is 0 Å².